The van der Waals surface area contributed by atoms with Crippen molar-refractivity contribution in [3.8, 4) is 16.9 Å². The number of para-hydroxylation sites is 1. The highest BCUT2D eigenvalue weighted by molar-refractivity contribution is 5.95. The number of aryl methyl sites for hydroxylation is 1. The lowest BCUT2D eigenvalue weighted by molar-refractivity contribution is 0.0697. The van der Waals surface area contributed by atoms with Crippen molar-refractivity contribution in [1.29, 1.82) is 0 Å². The number of carboxylic acids is 1. The molecule has 0 radical (unpaired) electrons. The van der Waals surface area contributed by atoms with E-state index >= 15 is 0 Å². The first-order valence-electron chi connectivity index (χ1n) is 6.61. The van der Waals surface area contributed by atoms with Gasteiger partial charge in [-0.1, -0.05) is 42.5 Å². The summed E-state index contributed by atoms with van der Waals surface area (Å²) in [6, 6.07) is 17.2. The Labute approximate surface area is 122 Å². The average Bonchev–Trinajstić information content (AvgIpc) is 2.93. The Kier molecular flexibility index (Phi) is 3.28. The van der Waals surface area contributed by atoms with Crippen molar-refractivity contribution in [3.05, 3.63) is 71.9 Å². The minimum Gasteiger partial charge on any atom is -0.478 e. The molecule has 1 heterocycles. The van der Waals surface area contributed by atoms with Crippen LogP contribution >= 0.6 is 0 Å². The smallest absolute Gasteiger partial charge is 0.339 e. The van der Waals surface area contributed by atoms with Crippen LogP contribution in [0.5, 0.6) is 0 Å². The molecule has 4 heteroatoms. The maximum atomic E-state index is 11.5. The molecule has 0 amide bonds. The van der Waals surface area contributed by atoms with Gasteiger partial charge in [-0.3, -0.25) is 0 Å². The Hall–Kier alpha value is -2.88. The molecule has 0 bridgehead atoms. The van der Waals surface area contributed by atoms with Crippen LogP contribution in [-0.4, -0.2) is 20.9 Å². The molecule has 3 aromatic rings. The van der Waals surface area contributed by atoms with E-state index in [0.717, 1.165) is 16.8 Å². The third-order valence-electron chi connectivity index (χ3n) is 3.40. The monoisotopic (exact) mass is 278 g/mol. The quantitative estimate of drug-likeness (QED) is 0.797. The molecular weight excluding hydrogens is 264 g/mol. The predicted octanol–water partition coefficient (Wildman–Crippen LogP) is 3.55. The van der Waals surface area contributed by atoms with Gasteiger partial charge in [0.2, 0.25) is 0 Å². The van der Waals surface area contributed by atoms with Gasteiger partial charge in [0, 0.05) is 5.56 Å². The SMILES string of the molecule is Cc1ccccc1-c1c(C(=O)O)cnn1-c1ccccc1. The molecule has 0 aliphatic heterocycles. The molecule has 104 valence electrons. The summed E-state index contributed by atoms with van der Waals surface area (Å²) in [5.74, 6) is -0.976. The predicted molar refractivity (Wildman–Crippen MR) is 80.7 cm³/mol. The van der Waals surface area contributed by atoms with E-state index in [1.807, 2.05) is 61.5 Å². The maximum absolute atomic E-state index is 11.5. The topological polar surface area (TPSA) is 55.1 Å². The Morgan fingerprint density at radius 3 is 2.38 bits per heavy atom. The van der Waals surface area contributed by atoms with Crippen LogP contribution in [-0.2, 0) is 0 Å². The van der Waals surface area contributed by atoms with Crippen LogP contribution in [0, 0.1) is 6.92 Å². The summed E-state index contributed by atoms with van der Waals surface area (Å²) in [5.41, 5.74) is 3.53. The lowest BCUT2D eigenvalue weighted by atomic mass is 10.0. The highest BCUT2D eigenvalue weighted by Crippen LogP contribution is 2.29. The third-order valence-corrected chi connectivity index (χ3v) is 3.40. The second kappa shape index (κ2) is 5.25. The van der Waals surface area contributed by atoms with Crippen molar-refractivity contribution in [2.24, 2.45) is 0 Å². The standard InChI is InChI=1S/C17H14N2O2/c1-12-7-5-6-10-14(12)16-15(17(20)21)11-18-19(16)13-8-3-2-4-9-13/h2-11H,1H3,(H,20,21). The zero-order chi connectivity index (χ0) is 14.8. The van der Waals surface area contributed by atoms with Gasteiger partial charge in [0.05, 0.1) is 17.6 Å². The number of benzene rings is 2. The molecule has 0 saturated carbocycles. The minimum atomic E-state index is -0.976. The fourth-order valence-electron chi connectivity index (χ4n) is 2.37. The molecule has 21 heavy (non-hydrogen) atoms. The number of carboxylic acid groups (broad SMARTS) is 1. The summed E-state index contributed by atoms with van der Waals surface area (Å²) in [5, 5.41) is 13.7. The number of rotatable bonds is 3. The van der Waals surface area contributed by atoms with E-state index in [0.29, 0.717) is 5.69 Å². The molecular formula is C17H14N2O2. The van der Waals surface area contributed by atoms with Gasteiger partial charge in [-0.15, -0.1) is 0 Å². The van der Waals surface area contributed by atoms with Crippen LogP contribution in [0.3, 0.4) is 0 Å². The number of aromatic carboxylic acids is 1. The summed E-state index contributed by atoms with van der Waals surface area (Å²) in [4.78, 5) is 11.5. The summed E-state index contributed by atoms with van der Waals surface area (Å²) in [7, 11) is 0. The van der Waals surface area contributed by atoms with E-state index in [2.05, 4.69) is 5.10 Å². The van der Waals surface area contributed by atoms with Crippen LogP contribution in [0.4, 0.5) is 0 Å². The van der Waals surface area contributed by atoms with Gasteiger partial charge in [0.15, 0.2) is 0 Å². The Morgan fingerprint density at radius 1 is 1.05 bits per heavy atom. The first-order valence-corrected chi connectivity index (χ1v) is 6.61. The van der Waals surface area contributed by atoms with Gasteiger partial charge in [-0.2, -0.15) is 5.10 Å². The number of nitrogens with zero attached hydrogens (tertiary/aromatic N) is 2. The summed E-state index contributed by atoms with van der Waals surface area (Å²) >= 11 is 0. The van der Waals surface area contributed by atoms with Gasteiger partial charge < -0.3 is 5.11 Å². The van der Waals surface area contributed by atoms with E-state index in [4.69, 9.17) is 0 Å². The molecule has 0 spiro atoms. The van der Waals surface area contributed by atoms with Crippen molar-refractivity contribution in [2.75, 3.05) is 0 Å². The summed E-state index contributed by atoms with van der Waals surface area (Å²) in [6.07, 6.45) is 1.40. The normalized spacial score (nSPS) is 10.5. The number of carbonyl (C=O) groups is 1. The van der Waals surface area contributed by atoms with Crippen molar-refractivity contribution in [3.63, 3.8) is 0 Å². The van der Waals surface area contributed by atoms with Crippen molar-refractivity contribution < 1.29 is 9.90 Å². The number of hydrogen-bond acceptors (Lipinski definition) is 2. The minimum absolute atomic E-state index is 0.202. The van der Waals surface area contributed by atoms with Gasteiger partial charge in [0.25, 0.3) is 0 Å². The number of hydrogen-bond donors (Lipinski definition) is 1. The molecule has 1 N–H and O–H groups in total. The fourth-order valence-corrected chi connectivity index (χ4v) is 2.37. The van der Waals surface area contributed by atoms with Crippen LogP contribution in [0.15, 0.2) is 60.8 Å². The zero-order valence-corrected chi connectivity index (χ0v) is 11.5. The van der Waals surface area contributed by atoms with Crippen LogP contribution < -0.4 is 0 Å². The lowest BCUT2D eigenvalue weighted by Gasteiger charge is -2.11. The Morgan fingerprint density at radius 2 is 1.71 bits per heavy atom. The zero-order valence-electron chi connectivity index (χ0n) is 11.5. The molecule has 3 rings (SSSR count). The van der Waals surface area contributed by atoms with Gasteiger partial charge in [-0.25, -0.2) is 9.48 Å². The van der Waals surface area contributed by atoms with E-state index in [-0.39, 0.29) is 5.56 Å². The summed E-state index contributed by atoms with van der Waals surface area (Å²) in [6.45, 7) is 1.96. The third kappa shape index (κ3) is 2.31. The molecule has 0 fully saturated rings. The van der Waals surface area contributed by atoms with Crippen molar-refractivity contribution >= 4 is 5.97 Å². The molecule has 0 unspecified atom stereocenters. The molecule has 0 saturated heterocycles. The fraction of sp³-hybridized carbons (Fsp3) is 0.0588. The highest BCUT2D eigenvalue weighted by atomic mass is 16.4. The molecule has 2 aromatic carbocycles. The molecule has 4 nitrogen and oxygen atoms in total. The van der Waals surface area contributed by atoms with Crippen LogP contribution in [0.2, 0.25) is 0 Å². The second-order valence-electron chi connectivity index (χ2n) is 4.77. The van der Waals surface area contributed by atoms with Gasteiger partial charge in [-0.05, 0) is 24.6 Å². The first kappa shape index (κ1) is 13.1. The van der Waals surface area contributed by atoms with Crippen LogP contribution in [0.25, 0.3) is 16.9 Å². The van der Waals surface area contributed by atoms with E-state index in [1.54, 1.807) is 4.68 Å². The summed E-state index contributed by atoms with van der Waals surface area (Å²) < 4.78 is 1.67. The molecule has 0 atom stereocenters. The number of aromatic nitrogens is 2. The second-order valence-corrected chi connectivity index (χ2v) is 4.77. The van der Waals surface area contributed by atoms with E-state index in [1.165, 1.54) is 6.20 Å². The molecule has 1 aromatic heterocycles. The maximum Gasteiger partial charge on any atom is 0.339 e. The van der Waals surface area contributed by atoms with E-state index in [9.17, 15) is 9.90 Å². The lowest BCUT2D eigenvalue weighted by Crippen LogP contribution is -2.03. The Bertz CT molecular complexity index is 792. The molecule has 0 aliphatic carbocycles. The van der Waals surface area contributed by atoms with Crippen molar-refractivity contribution in [1.82, 2.24) is 9.78 Å². The van der Waals surface area contributed by atoms with Gasteiger partial charge in [0.1, 0.15) is 5.56 Å². The molecule has 0 aliphatic rings. The highest BCUT2D eigenvalue weighted by Gasteiger charge is 2.20. The van der Waals surface area contributed by atoms with Crippen molar-refractivity contribution in [2.45, 2.75) is 6.92 Å². The average molecular weight is 278 g/mol. The largest absolute Gasteiger partial charge is 0.478 e. The van der Waals surface area contributed by atoms with Crippen LogP contribution in [0.1, 0.15) is 15.9 Å². The van der Waals surface area contributed by atoms with Gasteiger partial charge >= 0.3 is 5.97 Å². The Balaban J connectivity index is 2.29. The first-order chi connectivity index (χ1) is 10.2. The van der Waals surface area contributed by atoms with E-state index < -0.39 is 5.97 Å².